The quantitative estimate of drug-likeness (QED) is 0.162. The van der Waals surface area contributed by atoms with Crippen LogP contribution in [0, 0.1) is 24.0 Å². The normalized spacial score (nSPS) is 21.4. The molecule has 1 aromatic carbocycles. The van der Waals surface area contributed by atoms with Crippen LogP contribution < -0.4 is 4.74 Å². The maximum atomic E-state index is 12.8. The Bertz CT molecular complexity index is 1120. The minimum atomic E-state index is -0.371. The maximum absolute atomic E-state index is 12.8. The zero-order valence-electron chi connectivity index (χ0n) is 20.7. The number of hydrazine groups is 1. The van der Waals surface area contributed by atoms with Crippen LogP contribution in [0.1, 0.15) is 62.1 Å². The molecule has 2 heterocycles. The van der Waals surface area contributed by atoms with Crippen molar-refractivity contribution >= 4 is 17.6 Å². The van der Waals surface area contributed by atoms with E-state index in [1.54, 1.807) is 13.2 Å². The van der Waals surface area contributed by atoms with Gasteiger partial charge in [0.15, 0.2) is 5.75 Å². The fourth-order valence-corrected chi connectivity index (χ4v) is 4.10. The number of fused-ring (bicyclic) bond motifs is 1. The van der Waals surface area contributed by atoms with Crippen LogP contribution in [-0.4, -0.2) is 40.1 Å². The molecule has 35 heavy (non-hydrogen) atoms. The predicted octanol–water partition coefficient (Wildman–Crippen LogP) is 5.13. The number of hydrogen-bond donors (Lipinski definition) is 0. The zero-order valence-corrected chi connectivity index (χ0v) is 21.4. The average Bonchev–Trinajstić information content (AvgIpc) is 3.47. The van der Waals surface area contributed by atoms with Crippen LogP contribution in [0.4, 0.5) is 0 Å². The summed E-state index contributed by atoms with van der Waals surface area (Å²) in [5.41, 5.74) is 2.99. The minimum Gasteiger partial charge on any atom is -0.569 e. The summed E-state index contributed by atoms with van der Waals surface area (Å²) >= 11 is 6.01. The topological polar surface area (TPSA) is 99.3 Å². The number of pyridine rings is 1. The third-order valence-corrected chi connectivity index (χ3v) is 6.81. The first-order valence-corrected chi connectivity index (χ1v) is 12.0. The first-order valence-electron chi connectivity index (χ1n) is 11.7. The Hall–Kier alpha value is -2.91. The molecule has 188 valence electrons. The Kier molecular flexibility index (Phi) is 7.19. The molecule has 1 aliphatic heterocycles. The largest absolute Gasteiger partial charge is 0.569 e. The maximum Gasteiger partial charge on any atom is 0.314 e. The summed E-state index contributed by atoms with van der Waals surface area (Å²) in [6, 6.07) is 7.49. The van der Waals surface area contributed by atoms with Crippen molar-refractivity contribution < 1.29 is 24.1 Å². The molecule has 10 heteroatoms. The van der Waals surface area contributed by atoms with Gasteiger partial charge in [-0.15, -0.1) is 5.01 Å². The predicted molar refractivity (Wildman–Crippen MR) is 128 cm³/mol. The third-order valence-electron chi connectivity index (χ3n) is 6.56. The van der Waals surface area contributed by atoms with Gasteiger partial charge in [-0.25, -0.2) is 0 Å². The van der Waals surface area contributed by atoms with Crippen LogP contribution in [0.15, 0.2) is 35.7 Å². The molecule has 3 atom stereocenters. The number of aryl methyl sites for hydroxylation is 1. The van der Waals surface area contributed by atoms with E-state index in [1.165, 1.54) is 5.01 Å². The molecular formula is C25H31ClN4O5. The first-order chi connectivity index (χ1) is 16.6. The molecule has 0 saturated heterocycles. The Labute approximate surface area is 210 Å². The van der Waals surface area contributed by atoms with Gasteiger partial charge in [0.25, 0.3) is 0 Å². The lowest BCUT2D eigenvalue weighted by Crippen LogP contribution is -2.42. The summed E-state index contributed by atoms with van der Waals surface area (Å²) in [4.78, 5) is 22.9. The highest BCUT2D eigenvalue weighted by Gasteiger charge is 2.45. The summed E-state index contributed by atoms with van der Waals surface area (Å²) in [5, 5.41) is 17.6. The molecule has 0 spiro atoms. The summed E-state index contributed by atoms with van der Waals surface area (Å²) in [7, 11) is 1.65. The van der Waals surface area contributed by atoms with Gasteiger partial charge in [-0.3, -0.25) is 9.78 Å². The average molecular weight is 503 g/mol. The van der Waals surface area contributed by atoms with E-state index in [-0.39, 0.29) is 36.1 Å². The number of carbonyl (C=O) groups excluding carboxylic acids is 1. The molecule has 1 aromatic heterocycles. The van der Waals surface area contributed by atoms with Crippen molar-refractivity contribution in [3.05, 3.63) is 63.1 Å². The van der Waals surface area contributed by atoms with E-state index < -0.39 is 0 Å². The SMILES string of the molecule is Cc1ncc2c(c1OC(=O)[C@@H]1C[C@@H]1CCON=[N+]([O-])N(C)C(C)(C)C)CO[C@H]2c1ccc(Cl)cc1. The number of aromatic nitrogens is 1. The van der Waals surface area contributed by atoms with Crippen molar-refractivity contribution in [2.24, 2.45) is 17.1 Å². The fourth-order valence-electron chi connectivity index (χ4n) is 3.97. The second kappa shape index (κ2) is 9.99. The van der Waals surface area contributed by atoms with Crippen molar-refractivity contribution in [3.63, 3.8) is 0 Å². The van der Waals surface area contributed by atoms with Gasteiger partial charge in [-0.2, -0.15) is 0 Å². The zero-order chi connectivity index (χ0) is 25.3. The molecule has 0 amide bonds. The number of esters is 1. The second-order valence-electron chi connectivity index (χ2n) is 10.0. The van der Waals surface area contributed by atoms with Crippen LogP contribution in [0.25, 0.3) is 0 Å². The lowest BCUT2D eigenvalue weighted by molar-refractivity contribution is -0.719. The van der Waals surface area contributed by atoms with Gasteiger partial charge >= 0.3 is 5.97 Å². The highest BCUT2D eigenvalue weighted by molar-refractivity contribution is 6.30. The highest BCUT2D eigenvalue weighted by Crippen LogP contribution is 2.45. The van der Waals surface area contributed by atoms with Crippen LogP contribution in [0.2, 0.25) is 5.02 Å². The number of rotatable bonds is 8. The number of benzene rings is 1. The van der Waals surface area contributed by atoms with Gasteiger partial charge in [0.05, 0.1) is 35.8 Å². The van der Waals surface area contributed by atoms with E-state index in [2.05, 4.69) is 10.3 Å². The van der Waals surface area contributed by atoms with Gasteiger partial charge in [0.1, 0.15) is 12.7 Å². The standard InChI is InChI=1S/C25H31ClN4O5/c1-15-22(21-14-33-23(20(21)13-27-15)16-6-8-18(26)9-7-16)35-24(31)19-12-17(19)10-11-34-28-30(32)29(5)25(2,3)4/h6-9,13,17,19,23H,10-12,14H2,1-5H3/t17-,19+,23-/m0/s1. The van der Waals surface area contributed by atoms with E-state index in [9.17, 15) is 10.0 Å². The summed E-state index contributed by atoms with van der Waals surface area (Å²) < 4.78 is 11.8. The molecule has 0 unspecified atom stereocenters. The second-order valence-corrected chi connectivity index (χ2v) is 10.5. The Morgan fingerprint density at radius 3 is 2.74 bits per heavy atom. The van der Waals surface area contributed by atoms with E-state index in [0.717, 1.165) is 23.1 Å². The Morgan fingerprint density at radius 1 is 1.34 bits per heavy atom. The lowest BCUT2D eigenvalue weighted by atomic mass is 10.0. The molecule has 9 nitrogen and oxygen atoms in total. The number of carbonyl (C=O) groups is 1. The molecule has 2 aliphatic rings. The third kappa shape index (κ3) is 5.67. The summed E-state index contributed by atoms with van der Waals surface area (Å²) in [6.45, 7) is 8.11. The highest BCUT2D eigenvalue weighted by atomic mass is 35.5. The molecule has 4 rings (SSSR count). The molecule has 0 radical (unpaired) electrons. The Morgan fingerprint density at radius 2 is 2.06 bits per heavy atom. The number of nitrogens with zero attached hydrogens (tertiary/aromatic N) is 4. The van der Waals surface area contributed by atoms with Gasteiger partial charge in [-0.05, 0) is 64.2 Å². The molecular weight excluding hydrogens is 472 g/mol. The van der Waals surface area contributed by atoms with Crippen LogP contribution >= 0.6 is 11.6 Å². The number of ether oxygens (including phenoxy) is 2. The van der Waals surface area contributed by atoms with Gasteiger partial charge in [-0.1, -0.05) is 23.7 Å². The van der Waals surface area contributed by atoms with Crippen molar-refractivity contribution in [1.82, 2.24) is 9.99 Å². The van der Waals surface area contributed by atoms with Crippen LogP contribution in [0.5, 0.6) is 5.75 Å². The van der Waals surface area contributed by atoms with Crippen LogP contribution in [0.3, 0.4) is 0 Å². The molecule has 0 N–H and O–H groups in total. The molecule has 1 fully saturated rings. The molecule has 2 aromatic rings. The summed E-state index contributed by atoms with van der Waals surface area (Å²) in [6.07, 6.45) is 2.84. The van der Waals surface area contributed by atoms with E-state index in [0.29, 0.717) is 34.5 Å². The van der Waals surface area contributed by atoms with Crippen molar-refractivity contribution in [2.75, 3.05) is 13.7 Å². The molecule has 1 aliphatic carbocycles. The summed E-state index contributed by atoms with van der Waals surface area (Å²) in [5.74, 6) is 0.135. The van der Waals surface area contributed by atoms with Gasteiger partial charge in [0, 0.05) is 22.3 Å². The van der Waals surface area contributed by atoms with Crippen molar-refractivity contribution in [1.29, 1.82) is 0 Å². The first kappa shape index (κ1) is 25.2. The molecule has 0 bridgehead atoms. The van der Waals surface area contributed by atoms with Crippen molar-refractivity contribution in [3.8, 4) is 5.75 Å². The molecule has 1 saturated carbocycles. The van der Waals surface area contributed by atoms with Crippen molar-refractivity contribution in [2.45, 2.75) is 58.8 Å². The van der Waals surface area contributed by atoms with E-state index in [4.69, 9.17) is 25.9 Å². The number of halogens is 1. The van der Waals surface area contributed by atoms with Gasteiger partial charge in [0.2, 0.25) is 5.28 Å². The monoisotopic (exact) mass is 502 g/mol. The number of hydrogen-bond acceptors (Lipinski definition) is 7. The minimum absolute atomic E-state index is 0.140. The lowest BCUT2D eigenvalue weighted by Gasteiger charge is -2.26. The van der Waals surface area contributed by atoms with E-state index >= 15 is 0 Å². The van der Waals surface area contributed by atoms with E-state index in [1.807, 2.05) is 52.0 Å². The smallest absolute Gasteiger partial charge is 0.314 e. The fraction of sp³-hybridized carbons (Fsp3) is 0.520. The van der Waals surface area contributed by atoms with Crippen LogP contribution in [-0.2, 0) is 21.0 Å². The Balaban J connectivity index is 1.33. The van der Waals surface area contributed by atoms with Gasteiger partial charge < -0.3 is 19.5 Å².